The molecule has 0 bridgehead atoms. The lowest BCUT2D eigenvalue weighted by molar-refractivity contribution is -0.141. The van der Waals surface area contributed by atoms with Gasteiger partial charge in [-0.2, -0.15) is 0 Å². The van der Waals surface area contributed by atoms with Crippen LogP contribution in [0.2, 0.25) is 0 Å². The van der Waals surface area contributed by atoms with Crippen molar-refractivity contribution in [2.45, 2.75) is 18.4 Å². The van der Waals surface area contributed by atoms with Crippen molar-refractivity contribution in [2.24, 2.45) is 11.8 Å². The Morgan fingerprint density at radius 2 is 1.66 bits per heavy atom. The van der Waals surface area contributed by atoms with Gasteiger partial charge in [-0.25, -0.2) is 0 Å². The largest absolute Gasteiger partial charge is 0.502 e. The molecule has 35 heavy (non-hydrogen) atoms. The van der Waals surface area contributed by atoms with Crippen molar-refractivity contribution in [3.63, 3.8) is 0 Å². The number of rotatable bonds is 8. The molecular formula is C26H31O8S+. The summed E-state index contributed by atoms with van der Waals surface area (Å²) in [6.07, 6.45) is 5.10. The van der Waals surface area contributed by atoms with Gasteiger partial charge in [0.05, 0.1) is 52.0 Å². The van der Waals surface area contributed by atoms with Gasteiger partial charge in [0.25, 0.3) is 0 Å². The zero-order valence-corrected chi connectivity index (χ0v) is 21.2. The molecule has 2 aromatic carbocycles. The third-order valence-corrected chi connectivity index (χ3v) is 8.08. The van der Waals surface area contributed by atoms with Gasteiger partial charge in [-0.3, -0.25) is 4.79 Å². The van der Waals surface area contributed by atoms with Crippen molar-refractivity contribution in [2.75, 3.05) is 52.5 Å². The van der Waals surface area contributed by atoms with E-state index in [1.807, 2.05) is 12.1 Å². The molecule has 0 unspecified atom stereocenters. The van der Waals surface area contributed by atoms with Crippen molar-refractivity contribution in [1.82, 2.24) is 0 Å². The number of benzene rings is 2. The molecule has 0 radical (unpaired) electrons. The van der Waals surface area contributed by atoms with Crippen LogP contribution < -0.4 is 18.9 Å². The van der Waals surface area contributed by atoms with Crippen molar-refractivity contribution in [1.29, 1.82) is 0 Å². The van der Waals surface area contributed by atoms with Crippen LogP contribution in [0.15, 0.2) is 24.3 Å². The number of aromatic hydroxyl groups is 1. The molecule has 9 heteroatoms. The minimum Gasteiger partial charge on any atom is -0.502 e. The summed E-state index contributed by atoms with van der Waals surface area (Å²) in [4.78, 5) is 13.1. The van der Waals surface area contributed by atoms with E-state index in [0.29, 0.717) is 29.0 Å². The summed E-state index contributed by atoms with van der Waals surface area (Å²) in [6.45, 7) is 1.04. The third kappa shape index (κ3) is 4.25. The smallest absolute Gasteiger partial charge is 0.310 e. The van der Waals surface area contributed by atoms with E-state index in [-0.39, 0.29) is 54.6 Å². The van der Waals surface area contributed by atoms with Crippen molar-refractivity contribution in [3.8, 4) is 28.7 Å². The Morgan fingerprint density at radius 1 is 1.00 bits per heavy atom. The Balaban J connectivity index is 1.63. The Bertz CT molecular complexity index is 1090. The van der Waals surface area contributed by atoms with E-state index < -0.39 is 5.92 Å². The minimum atomic E-state index is -0.459. The lowest BCUT2D eigenvalue weighted by Crippen LogP contribution is -2.36. The number of hydrogen-bond acceptors (Lipinski definition) is 8. The monoisotopic (exact) mass is 503 g/mol. The molecule has 0 aromatic heterocycles. The van der Waals surface area contributed by atoms with Gasteiger partial charge in [0.15, 0.2) is 23.0 Å². The molecule has 2 aliphatic heterocycles. The molecule has 8 nitrogen and oxygen atoms in total. The lowest BCUT2D eigenvalue weighted by atomic mass is 9.66. The average Bonchev–Trinajstić information content (AvgIpc) is 3.46. The van der Waals surface area contributed by atoms with E-state index in [1.54, 1.807) is 12.1 Å². The first-order valence-electron chi connectivity index (χ1n) is 11.6. The van der Waals surface area contributed by atoms with Crippen LogP contribution in [-0.2, 0) is 25.2 Å². The van der Waals surface area contributed by atoms with Gasteiger partial charge < -0.3 is 33.5 Å². The third-order valence-electron chi connectivity index (χ3n) is 6.97. The van der Waals surface area contributed by atoms with Crippen LogP contribution in [-0.4, -0.2) is 63.6 Å². The van der Waals surface area contributed by atoms with E-state index >= 15 is 0 Å². The van der Waals surface area contributed by atoms with Gasteiger partial charge in [-0.15, -0.1) is 0 Å². The molecule has 0 saturated carbocycles. The first-order chi connectivity index (χ1) is 16.9. The molecule has 1 N–H and O–H groups in total. The number of carbonyl (C=O) groups excluding carboxylic acids is 1. The molecule has 4 atom stereocenters. The number of methoxy groups -OCH3 is 2. The highest BCUT2D eigenvalue weighted by molar-refractivity contribution is 7.95. The van der Waals surface area contributed by atoms with Crippen LogP contribution in [0.1, 0.15) is 35.1 Å². The highest BCUT2D eigenvalue weighted by atomic mass is 32.2. The second-order valence-electron chi connectivity index (χ2n) is 9.24. The van der Waals surface area contributed by atoms with Crippen LogP contribution in [0.5, 0.6) is 28.7 Å². The SMILES string of the molecule is COc1cc([C@@H]2c3cc4c(cc3[C@@H](OCCC[S+](C)C)[C@H]3COC(=O)[C@H]23)OCO4)cc(OC)c1O. The number of ether oxygens (including phenoxy) is 6. The Labute approximate surface area is 207 Å². The highest BCUT2D eigenvalue weighted by Gasteiger charge is 2.53. The standard InChI is InChI=1S/C26H30O8S/c1-29-20-8-14(9-21(30-2)24(20)27)22-15-10-18-19(34-13-33-18)11-16(15)25(31-6-5-7-35(3)4)17-12-32-26(28)23(17)22/h8-11,17,22-23,25H,5-7,12-13H2,1-4H3/p+1/t17-,22+,23-,25+/m0/s1. The van der Waals surface area contributed by atoms with Gasteiger partial charge in [-0.1, -0.05) is 0 Å². The van der Waals surface area contributed by atoms with Crippen LogP contribution >= 0.6 is 0 Å². The number of esters is 1. The molecule has 1 saturated heterocycles. The first kappa shape index (κ1) is 23.9. The van der Waals surface area contributed by atoms with Crippen LogP contribution in [0, 0.1) is 11.8 Å². The van der Waals surface area contributed by atoms with Crippen LogP contribution in [0.3, 0.4) is 0 Å². The van der Waals surface area contributed by atoms with Crippen molar-refractivity contribution < 1.29 is 38.3 Å². The normalized spacial score (nSPS) is 24.2. The maximum absolute atomic E-state index is 13.1. The maximum atomic E-state index is 13.1. The number of fused-ring (bicyclic) bond motifs is 3. The fraction of sp³-hybridized carbons (Fsp3) is 0.500. The van der Waals surface area contributed by atoms with Crippen molar-refractivity contribution in [3.05, 3.63) is 41.0 Å². The molecule has 1 fully saturated rings. The molecule has 3 aliphatic rings. The Morgan fingerprint density at radius 3 is 2.29 bits per heavy atom. The second-order valence-corrected chi connectivity index (χ2v) is 11.6. The van der Waals surface area contributed by atoms with Gasteiger partial charge in [0.1, 0.15) is 5.75 Å². The second kappa shape index (κ2) is 9.70. The Hall–Kier alpha value is -2.78. The fourth-order valence-corrected chi connectivity index (χ4v) is 6.07. The van der Waals surface area contributed by atoms with Gasteiger partial charge in [0, 0.05) is 18.3 Å². The van der Waals surface area contributed by atoms with E-state index in [9.17, 15) is 9.90 Å². The summed E-state index contributed by atoms with van der Waals surface area (Å²) in [5.41, 5.74) is 2.67. The Kier molecular flexibility index (Phi) is 6.63. The summed E-state index contributed by atoms with van der Waals surface area (Å²) >= 11 is 0. The quantitative estimate of drug-likeness (QED) is 0.333. The summed E-state index contributed by atoms with van der Waals surface area (Å²) in [5, 5.41) is 10.5. The predicted molar refractivity (Wildman–Crippen MR) is 131 cm³/mol. The van der Waals surface area contributed by atoms with E-state index in [1.165, 1.54) is 14.2 Å². The van der Waals surface area contributed by atoms with Gasteiger partial charge >= 0.3 is 5.97 Å². The lowest BCUT2D eigenvalue weighted by Gasteiger charge is -2.39. The molecule has 0 spiro atoms. The summed E-state index contributed by atoms with van der Waals surface area (Å²) < 4.78 is 34.3. The van der Waals surface area contributed by atoms with E-state index in [0.717, 1.165) is 28.9 Å². The van der Waals surface area contributed by atoms with Crippen LogP contribution in [0.4, 0.5) is 0 Å². The first-order valence-corrected chi connectivity index (χ1v) is 13.8. The summed E-state index contributed by atoms with van der Waals surface area (Å²) in [6, 6.07) is 7.43. The molecule has 2 aromatic rings. The van der Waals surface area contributed by atoms with E-state index in [4.69, 9.17) is 28.4 Å². The zero-order valence-electron chi connectivity index (χ0n) is 20.4. The molecule has 1 aliphatic carbocycles. The zero-order chi connectivity index (χ0) is 24.7. The highest BCUT2D eigenvalue weighted by Crippen LogP contribution is 2.56. The molecule has 0 amide bonds. The predicted octanol–water partition coefficient (Wildman–Crippen LogP) is 3.40. The van der Waals surface area contributed by atoms with Crippen LogP contribution in [0.25, 0.3) is 0 Å². The summed E-state index contributed by atoms with van der Waals surface area (Å²) in [5.74, 6) is 1.63. The number of cyclic esters (lactones) is 1. The summed E-state index contributed by atoms with van der Waals surface area (Å²) in [7, 11) is 3.31. The average molecular weight is 504 g/mol. The van der Waals surface area contributed by atoms with Gasteiger partial charge in [-0.05, 0) is 51.9 Å². The molecule has 188 valence electrons. The minimum absolute atomic E-state index is 0.0851. The maximum Gasteiger partial charge on any atom is 0.310 e. The van der Waals surface area contributed by atoms with E-state index in [2.05, 4.69) is 12.5 Å². The molecule has 5 rings (SSSR count). The fourth-order valence-electron chi connectivity index (χ4n) is 5.38. The number of phenols is 1. The molecule has 2 heterocycles. The van der Waals surface area contributed by atoms with Crippen molar-refractivity contribution >= 4 is 16.9 Å². The van der Waals surface area contributed by atoms with Gasteiger partial charge in [0.2, 0.25) is 12.5 Å². The molecular weight excluding hydrogens is 472 g/mol. The number of phenolic OH excluding ortho intramolecular Hbond substituents is 1. The number of hydrogen-bond donors (Lipinski definition) is 1. The topological polar surface area (TPSA) is 92.7 Å². The number of carbonyl (C=O) groups is 1.